The number of nitrogens with zero attached hydrogens (tertiary/aromatic N) is 2. The van der Waals surface area contributed by atoms with Crippen LogP contribution in [0, 0.1) is 0 Å². The van der Waals surface area contributed by atoms with E-state index in [9.17, 15) is 9.59 Å². The molecule has 0 radical (unpaired) electrons. The molecule has 1 heterocycles. The van der Waals surface area contributed by atoms with Crippen molar-refractivity contribution in [3.63, 3.8) is 0 Å². The standard InChI is InChI=1S/C8H15NO2.C7H11NO2/c1-5-8(10)11-6-7(2)9(3)4;1-2-7(9)8-3-5-10-6-4-8/h5,7H,1,6H2,2-4H3;2H,1,3-6H2. The zero-order chi connectivity index (χ0) is 16.3. The maximum Gasteiger partial charge on any atom is 0.330 e. The molecule has 1 saturated heterocycles. The molecule has 6 nitrogen and oxygen atoms in total. The smallest absolute Gasteiger partial charge is 0.330 e. The average Bonchev–Trinajstić information content (AvgIpc) is 2.52. The van der Waals surface area contributed by atoms with E-state index in [1.54, 1.807) is 4.90 Å². The Morgan fingerprint density at radius 1 is 1.29 bits per heavy atom. The SMILES string of the molecule is C=CC(=O)N1CCOCC1.C=CC(=O)OCC(C)N(C)C. The molecule has 120 valence electrons. The van der Waals surface area contributed by atoms with E-state index in [1.165, 1.54) is 12.2 Å². The lowest BCUT2D eigenvalue weighted by atomic mass is 10.3. The molecule has 0 saturated carbocycles. The van der Waals surface area contributed by atoms with Crippen LogP contribution in [-0.2, 0) is 19.1 Å². The lowest BCUT2D eigenvalue weighted by molar-refractivity contribution is -0.139. The summed E-state index contributed by atoms with van der Waals surface area (Å²) >= 11 is 0. The van der Waals surface area contributed by atoms with Crippen LogP contribution in [0.2, 0.25) is 0 Å². The van der Waals surface area contributed by atoms with Gasteiger partial charge in [0.15, 0.2) is 0 Å². The van der Waals surface area contributed by atoms with Crippen molar-refractivity contribution in [2.75, 3.05) is 47.0 Å². The van der Waals surface area contributed by atoms with Crippen molar-refractivity contribution < 1.29 is 19.1 Å². The summed E-state index contributed by atoms with van der Waals surface area (Å²) in [5, 5.41) is 0. The van der Waals surface area contributed by atoms with Gasteiger partial charge in [-0.05, 0) is 27.1 Å². The highest BCUT2D eigenvalue weighted by molar-refractivity contribution is 5.87. The summed E-state index contributed by atoms with van der Waals surface area (Å²) in [5.74, 6) is -0.359. The summed E-state index contributed by atoms with van der Waals surface area (Å²) in [5.41, 5.74) is 0. The maximum absolute atomic E-state index is 10.9. The number of ether oxygens (including phenoxy) is 2. The Labute approximate surface area is 127 Å². The zero-order valence-corrected chi connectivity index (χ0v) is 13.2. The van der Waals surface area contributed by atoms with Gasteiger partial charge >= 0.3 is 5.97 Å². The Hall–Kier alpha value is -1.66. The fraction of sp³-hybridized carbons (Fsp3) is 0.600. The van der Waals surface area contributed by atoms with Crippen LogP contribution in [0.5, 0.6) is 0 Å². The van der Waals surface area contributed by atoms with Gasteiger partial charge in [-0.25, -0.2) is 4.79 Å². The van der Waals surface area contributed by atoms with Gasteiger partial charge in [0.2, 0.25) is 5.91 Å². The molecule has 1 aliphatic heterocycles. The number of hydrogen-bond donors (Lipinski definition) is 0. The number of likely N-dealkylation sites (N-methyl/N-ethyl adjacent to an activating group) is 1. The summed E-state index contributed by atoms with van der Waals surface area (Å²) in [6.07, 6.45) is 2.51. The second-order valence-electron chi connectivity index (χ2n) is 4.79. The molecular weight excluding hydrogens is 272 g/mol. The van der Waals surface area contributed by atoms with Gasteiger partial charge < -0.3 is 19.3 Å². The van der Waals surface area contributed by atoms with E-state index >= 15 is 0 Å². The van der Waals surface area contributed by atoms with Crippen molar-refractivity contribution >= 4 is 11.9 Å². The molecule has 6 heteroatoms. The van der Waals surface area contributed by atoms with Crippen molar-refractivity contribution in [2.24, 2.45) is 0 Å². The van der Waals surface area contributed by atoms with Gasteiger partial charge in [0.05, 0.1) is 13.2 Å². The highest BCUT2D eigenvalue weighted by Gasteiger charge is 2.12. The zero-order valence-electron chi connectivity index (χ0n) is 13.2. The monoisotopic (exact) mass is 298 g/mol. The molecule has 0 aromatic carbocycles. The van der Waals surface area contributed by atoms with Gasteiger partial charge in [0.25, 0.3) is 0 Å². The highest BCUT2D eigenvalue weighted by Crippen LogP contribution is 1.96. The second-order valence-corrected chi connectivity index (χ2v) is 4.79. The van der Waals surface area contributed by atoms with Gasteiger partial charge in [0.1, 0.15) is 6.61 Å². The number of esters is 1. The minimum Gasteiger partial charge on any atom is -0.461 e. The molecule has 0 aliphatic carbocycles. The molecule has 0 aromatic rings. The molecule has 1 rings (SSSR count). The van der Waals surface area contributed by atoms with E-state index in [2.05, 4.69) is 13.2 Å². The van der Waals surface area contributed by atoms with E-state index in [4.69, 9.17) is 9.47 Å². The molecule has 1 atom stereocenters. The number of morpholine rings is 1. The average molecular weight is 298 g/mol. The number of rotatable bonds is 5. The molecule has 0 aromatic heterocycles. The number of amides is 1. The van der Waals surface area contributed by atoms with Crippen LogP contribution < -0.4 is 0 Å². The van der Waals surface area contributed by atoms with Crippen molar-refractivity contribution in [3.05, 3.63) is 25.3 Å². The second kappa shape index (κ2) is 11.0. The quantitative estimate of drug-likeness (QED) is 0.552. The number of hydrogen-bond acceptors (Lipinski definition) is 5. The van der Waals surface area contributed by atoms with Crippen LogP contribution in [0.1, 0.15) is 6.92 Å². The Balaban J connectivity index is 0.000000382. The minimum atomic E-state index is -0.362. The van der Waals surface area contributed by atoms with Crippen LogP contribution in [0.25, 0.3) is 0 Å². The van der Waals surface area contributed by atoms with Crippen molar-refractivity contribution in [2.45, 2.75) is 13.0 Å². The maximum atomic E-state index is 10.9. The van der Waals surface area contributed by atoms with Gasteiger partial charge in [-0.3, -0.25) is 4.79 Å². The van der Waals surface area contributed by atoms with Crippen LogP contribution in [-0.4, -0.2) is 74.7 Å². The molecule has 1 amide bonds. The first-order valence-electron chi connectivity index (χ1n) is 6.87. The first-order chi connectivity index (χ1) is 9.92. The van der Waals surface area contributed by atoms with Gasteiger partial charge in [-0.15, -0.1) is 0 Å². The van der Waals surface area contributed by atoms with Gasteiger partial charge in [0, 0.05) is 25.2 Å². The number of carbonyl (C=O) groups excluding carboxylic acids is 2. The summed E-state index contributed by atoms with van der Waals surface area (Å²) in [6.45, 7) is 11.8. The normalized spacial score (nSPS) is 15.5. The van der Waals surface area contributed by atoms with E-state index < -0.39 is 0 Å². The third-order valence-corrected chi connectivity index (χ3v) is 3.01. The molecule has 1 aliphatic rings. The fourth-order valence-corrected chi connectivity index (χ4v) is 1.32. The Kier molecular flexibility index (Phi) is 10.2. The minimum absolute atomic E-state index is 0.00306. The first kappa shape index (κ1) is 19.3. The summed E-state index contributed by atoms with van der Waals surface area (Å²) < 4.78 is 9.88. The number of carbonyl (C=O) groups is 2. The van der Waals surface area contributed by atoms with E-state index in [1.807, 2.05) is 25.9 Å². The summed E-state index contributed by atoms with van der Waals surface area (Å²) in [7, 11) is 3.87. The molecule has 1 unspecified atom stereocenters. The molecule has 1 fully saturated rings. The predicted octanol–water partition coefficient (Wildman–Crippen LogP) is 0.697. The molecule has 0 N–H and O–H groups in total. The van der Waals surface area contributed by atoms with Crippen molar-refractivity contribution in [1.82, 2.24) is 9.80 Å². The predicted molar refractivity (Wildman–Crippen MR) is 81.9 cm³/mol. The molecule has 0 bridgehead atoms. The molecular formula is C15H26N2O4. The van der Waals surface area contributed by atoms with Crippen molar-refractivity contribution in [3.8, 4) is 0 Å². The topological polar surface area (TPSA) is 59.1 Å². The van der Waals surface area contributed by atoms with E-state index in [0.717, 1.165) is 0 Å². The Morgan fingerprint density at radius 3 is 2.29 bits per heavy atom. The van der Waals surface area contributed by atoms with Crippen LogP contribution in [0.4, 0.5) is 0 Å². The van der Waals surface area contributed by atoms with E-state index in [0.29, 0.717) is 32.9 Å². The molecule has 0 spiro atoms. The highest BCUT2D eigenvalue weighted by atomic mass is 16.5. The lowest BCUT2D eigenvalue weighted by Crippen LogP contribution is -2.39. The van der Waals surface area contributed by atoms with Crippen molar-refractivity contribution in [1.29, 1.82) is 0 Å². The van der Waals surface area contributed by atoms with E-state index in [-0.39, 0.29) is 17.9 Å². The third-order valence-electron chi connectivity index (χ3n) is 3.01. The van der Waals surface area contributed by atoms with Crippen LogP contribution in [0.3, 0.4) is 0 Å². The van der Waals surface area contributed by atoms with Crippen LogP contribution in [0.15, 0.2) is 25.3 Å². The summed E-state index contributed by atoms with van der Waals surface area (Å²) in [4.78, 5) is 25.2. The summed E-state index contributed by atoms with van der Waals surface area (Å²) in [6, 6.07) is 0.249. The lowest BCUT2D eigenvalue weighted by Gasteiger charge is -2.25. The Morgan fingerprint density at radius 2 is 1.86 bits per heavy atom. The van der Waals surface area contributed by atoms with Gasteiger partial charge in [-0.1, -0.05) is 13.2 Å². The fourth-order valence-electron chi connectivity index (χ4n) is 1.32. The molecule has 21 heavy (non-hydrogen) atoms. The third kappa shape index (κ3) is 8.99. The first-order valence-corrected chi connectivity index (χ1v) is 6.87. The largest absolute Gasteiger partial charge is 0.461 e. The van der Waals surface area contributed by atoms with Gasteiger partial charge in [-0.2, -0.15) is 0 Å². The van der Waals surface area contributed by atoms with Crippen LogP contribution >= 0.6 is 0 Å². The Bertz CT molecular complexity index is 350.